The normalized spacial score (nSPS) is 11.5. The molecule has 0 bridgehead atoms. The number of rotatable bonds is 8. The van der Waals surface area contributed by atoms with Crippen LogP contribution in [0.25, 0.3) is 0 Å². The fourth-order valence-corrected chi connectivity index (χ4v) is 2.40. The molecule has 0 saturated carbocycles. The molecule has 1 aromatic carbocycles. The largest absolute Gasteiger partial charge is 0.508 e. The molecule has 2 nitrogen and oxygen atoms in total. The van der Waals surface area contributed by atoms with Crippen molar-refractivity contribution in [1.29, 1.82) is 0 Å². The van der Waals surface area contributed by atoms with E-state index in [1.165, 1.54) is 11.1 Å². The summed E-state index contributed by atoms with van der Waals surface area (Å²) < 4.78 is 0. The van der Waals surface area contributed by atoms with Crippen LogP contribution in [0.4, 0.5) is 0 Å². The molecule has 2 N–H and O–H groups in total. The van der Waals surface area contributed by atoms with E-state index in [0.29, 0.717) is 12.0 Å². The minimum atomic E-state index is 0.208. The number of hydrogen-bond acceptors (Lipinski definition) is 2. The fourth-order valence-electron chi connectivity index (χ4n) is 2.40. The maximum absolute atomic E-state index is 10.1. The van der Waals surface area contributed by atoms with Crippen LogP contribution in [0.1, 0.15) is 64.5 Å². The zero-order valence-corrected chi connectivity index (χ0v) is 14.4. The van der Waals surface area contributed by atoms with Crippen LogP contribution in [0.3, 0.4) is 0 Å². The summed E-state index contributed by atoms with van der Waals surface area (Å²) in [6.45, 7) is 8.45. The van der Waals surface area contributed by atoms with Crippen molar-refractivity contribution in [3.05, 3.63) is 46.6 Å². The number of aromatic hydroxyl groups is 2. The second-order valence-corrected chi connectivity index (χ2v) is 6.29. The summed E-state index contributed by atoms with van der Waals surface area (Å²) >= 11 is 0. The summed E-state index contributed by atoms with van der Waals surface area (Å²) in [4.78, 5) is 0. The highest BCUT2D eigenvalue weighted by molar-refractivity contribution is 5.47. The molecule has 0 aliphatic rings. The van der Waals surface area contributed by atoms with Crippen LogP contribution in [0.2, 0.25) is 0 Å². The Labute approximate surface area is 135 Å². The van der Waals surface area contributed by atoms with Crippen molar-refractivity contribution in [1.82, 2.24) is 0 Å². The smallest absolute Gasteiger partial charge is 0.123 e. The van der Waals surface area contributed by atoms with E-state index in [4.69, 9.17) is 0 Å². The molecule has 0 atom stereocenters. The molecule has 0 aliphatic heterocycles. The Hall–Kier alpha value is -1.70. The van der Waals surface area contributed by atoms with Gasteiger partial charge in [-0.25, -0.2) is 0 Å². The summed E-state index contributed by atoms with van der Waals surface area (Å²) in [5, 5.41) is 20.3. The number of phenols is 2. The molecular weight excluding hydrogens is 272 g/mol. The number of phenolic OH excluding ortho intramolecular Hbond substituents is 2. The van der Waals surface area contributed by atoms with Gasteiger partial charge in [0.1, 0.15) is 11.5 Å². The summed E-state index contributed by atoms with van der Waals surface area (Å²) in [5.41, 5.74) is 4.25. The lowest BCUT2D eigenvalue weighted by Crippen LogP contribution is -1.91. The van der Waals surface area contributed by atoms with Gasteiger partial charge in [0.25, 0.3) is 0 Å². The molecule has 0 heterocycles. The average Bonchev–Trinajstić information content (AvgIpc) is 2.43. The van der Waals surface area contributed by atoms with Crippen molar-refractivity contribution in [2.45, 2.75) is 66.2 Å². The van der Waals surface area contributed by atoms with Gasteiger partial charge < -0.3 is 10.2 Å². The van der Waals surface area contributed by atoms with Crippen molar-refractivity contribution in [2.75, 3.05) is 0 Å². The molecule has 22 heavy (non-hydrogen) atoms. The summed E-state index contributed by atoms with van der Waals surface area (Å²) in [5.74, 6) is 0.416. The first-order valence-corrected chi connectivity index (χ1v) is 8.26. The molecule has 122 valence electrons. The Balaban J connectivity index is 2.71. The van der Waals surface area contributed by atoms with Gasteiger partial charge in [-0.15, -0.1) is 0 Å². The molecule has 0 unspecified atom stereocenters. The zero-order valence-electron chi connectivity index (χ0n) is 14.4. The number of aryl methyl sites for hydroxylation is 1. The molecule has 0 saturated heterocycles. The highest BCUT2D eigenvalue weighted by atomic mass is 16.3. The lowest BCUT2D eigenvalue weighted by molar-refractivity contribution is 0.439. The Morgan fingerprint density at radius 1 is 1.05 bits per heavy atom. The minimum absolute atomic E-state index is 0.208. The quantitative estimate of drug-likeness (QED) is 0.607. The molecule has 0 fully saturated rings. The van der Waals surface area contributed by atoms with Crippen LogP contribution in [0.5, 0.6) is 11.5 Å². The van der Waals surface area contributed by atoms with E-state index in [-0.39, 0.29) is 11.5 Å². The van der Waals surface area contributed by atoms with Gasteiger partial charge in [0.05, 0.1) is 0 Å². The van der Waals surface area contributed by atoms with Crippen LogP contribution in [0, 0.1) is 0 Å². The number of unbranched alkanes of at least 4 members (excludes halogenated alkanes) is 1. The lowest BCUT2D eigenvalue weighted by atomic mass is 10.0. The van der Waals surface area contributed by atoms with Crippen LogP contribution < -0.4 is 0 Å². The summed E-state index contributed by atoms with van der Waals surface area (Å²) in [7, 11) is 0. The number of benzene rings is 1. The molecule has 0 aliphatic carbocycles. The van der Waals surface area contributed by atoms with Gasteiger partial charge in [-0.1, -0.05) is 36.6 Å². The average molecular weight is 302 g/mol. The SMILES string of the molecule is CCCCc1cc(O)c(CC=C(C)CCC=C(C)C)c(O)c1. The Kier molecular flexibility index (Phi) is 7.79. The standard InChI is InChI=1S/C20H30O2/c1-5-6-10-17-13-19(21)18(20(22)14-17)12-11-16(4)9-7-8-15(2)3/h8,11,13-14,21-22H,5-7,9-10,12H2,1-4H3. The molecule has 0 aromatic heterocycles. The summed E-state index contributed by atoms with van der Waals surface area (Å²) in [6.07, 6.45) is 10.0. The zero-order chi connectivity index (χ0) is 16.5. The molecule has 0 amide bonds. The second kappa shape index (κ2) is 9.34. The monoisotopic (exact) mass is 302 g/mol. The molecule has 2 heteroatoms. The van der Waals surface area contributed by atoms with Gasteiger partial charge >= 0.3 is 0 Å². The predicted molar refractivity (Wildman–Crippen MR) is 94.5 cm³/mol. The van der Waals surface area contributed by atoms with Crippen molar-refractivity contribution in [2.24, 2.45) is 0 Å². The van der Waals surface area contributed by atoms with Gasteiger partial charge in [0.15, 0.2) is 0 Å². The van der Waals surface area contributed by atoms with Crippen molar-refractivity contribution in [3.8, 4) is 11.5 Å². The lowest BCUT2D eigenvalue weighted by Gasteiger charge is -2.09. The van der Waals surface area contributed by atoms with Crippen LogP contribution in [-0.4, -0.2) is 10.2 Å². The topological polar surface area (TPSA) is 40.5 Å². The molecule has 1 aromatic rings. The van der Waals surface area contributed by atoms with Crippen LogP contribution in [-0.2, 0) is 12.8 Å². The third-order valence-electron chi connectivity index (χ3n) is 3.83. The van der Waals surface area contributed by atoms with E-state index in [9.17, 15) is 10.2 Å². The first-order chi connectivity index (χ1) is 10.4. The maximum atomic E-state index is 10.1. The Bertz CT molecular complexity index is 512. The van der Waals surface area contributed by atoms with Crippen molar-refractivity contribution >= 4 is 0 Å². The van der Waals surface area contributed by atoms with Gasteiger partial charge in [0, 0.05) is 5.56 Å². The van der Waals surface area contributed by atoms with Crippen LogP contribution in [0.15, 0.2) is 35.4 Å². The van der Waals surface area contributed by atoms with Gasteiger partial charge in [0.2, 0.25) is 0 Å². The first-order valence-electron chi connectivity index (χ1n) is 8.26. The molecular formula is C20H30O2. The third-order valence-corrected chi connectivity index (χ3v) is 3.83. The van der Waals surface area contributed by atoms with Crippen LogP contribution >= 0.6 is 0 Å². The number of allylic oxidation sites excluding steroid dienone is 4. The second-order valence-electron chi connectivity index (χ2n) is 6.29. The molecule has 1 rings (SSSR count). The van der Waals surface area contributed by atoms with Crippen molar-refractivity contribution in [3.63, 3.8) is 0 Å². The summed E-state index contributed by atoms with van der Waals surface area (Å²) in [6, 6.07) is 3.58. The maximum Gasteiger partial charge on any atom is 0.123 e. The predicted octanol–water partition coefficient (Wildman–Crippen LogP) is 5.68. The highest BCUT2D eigenvalue weighted by Crippen LogP contribution is 2.30. The van der Waals surface area contributed by atoms with E-state index < -0.39 is 0 Å². The fraction of sp³-hybridized carbons (Fsp3) is 0.500. The van der Waals surface area contributed by atoms with E-state index in [0.717, 1.165) is 37.7 Å². The van der Waals surface area contributed by atoms with Gasteiger partial charge in [-0.05, 0) is 70.6 Å². The molecule has 0 spiro atoms. The van der Waals surface area contributed by atoms with Gasteiger partial charge in [-0.3, -0.25) is 0 Å². The molecule has 0 radical (unpaired) electrons. The van der Waals surface area contributed by atoms with Gasteiger partial charge in [-0.2, -0.15) is 0 Å². The van der Waals surface area contributed by atoms with E-state index in [1.807, 2.05) is 0 Å². The highest BCUT2D eigenvalue weighted by Gasteiger charge is 2.08. The minimum Gasteiger partial charge on any atom is -0.508 e. The van der Waals surface area contributed by atoms with E-state index in [2.05, 4.69) is 39.8 Å². The first kappa shape index (κ1) is 18.3. The van der Waals surface area contributed by atoms with E-state index >= 15 is 0 Å². The third kappa shape index (κ3) is 6.38. The van der Waals surface area contributed by atoms with E-state index in [1.54, 1.807) is 12.1 Å². The van der Waals surface area contributed by atoms with Crippen molar-refractivity contribution < 1.29 is 10.2 Å². The Morgan fingerprint density at radius 3 is 2.23 bits per heavy atom. The number of hydrogen-bond donors (Lipinski definition) is 2. The Morgan fingerprint density at radius 2 is 1.68 bits per heavy atom.